The Morgan fingerprint density at radius 1 is 1.41 bits per heavy atom. The predicted octanol–water partition coefficient (Wildman–Crippen LogP) is 2.27. The maximum Gasteiger partial charge on any atom is 0.163 e. The van der Waals surface area contributed by atoms with Crippen molar-refractivity contribution in [3.8, 4) is 11.5 Å². The van der Waals surface area contributed by atoms with E-state index in [4.69, 9.17) is 21.2 Å². The molecule has 0 aliphatic carbocycles. The average Bonchev–Trinajstić information content (AvgIpc) is 3.13. The van der Waals surface area contributed by atoms with Crippen molar-refractivity contribution >= 4 is 36.5 Å². The van der Waals surface area contributed by atoms with E-state index in [9.17, 15) is 10.2 Å². The highest BCUT2D eigenvalue weighted by Crippen LogP contribution is 2.45. The fraction of sp³-hybridized carbons (Fsp3) is 0.579. The van der Waals surface area contributed by atoms with E-state index in [-0.39, 0.29) is 6.61 Å². The first-order valence-electron chi connectivity index (χ1n) is 9.50. The lowest BCUT2D eigenvalue weighted by Crippen LogP contribution is -2.39. The number of ether oxygens (including phenoxy) is 1. The van der Waals surface area contributed by atoms with Crippen molar-refractivity contribution in [2.24, 2.45) is 0 Å². The molecule has 0 amide bonds. The minimum atomic E-state index is -1.64. The van der Waals surface area contributed by atoms with Crippen LogP contribution in [0.15, 0.2) is 12.5 Å². The van der Waals surface area contributed by atoms with E-state index in [1.165, 1.54) is 6.33 Å². The van der Waals surface area contributed by atoms with Crippen molar-refractivity contribution in [3.05, 3.63) is 18.1 Å². The lowest BCUT2D eigenvalue weighted by Gasteiger charge is -2.26. The highest BCUT2D eigenvalue weighted by molar-refractivity contribution is 6.83. The fourth-order valence-corrected chi connectivity index (χ4v) is 4.00. The van der Waals surface area contributed by atoms with E-state index in [2.05, 4.69) is 46.6 Å². The summed E-state index contributed by atoms with van der Waals surface area (Å²) < 4.78 is 7.64. The fourth-order valence-electron chi connectivity index (χ4n) is 3.19. The van der Waals surface area contributed by atoms with Crippen LogP contribution in [0.5, 0.6) is 0 Å². The third-order valence-corrected chi connectivity index (χ3v) is 5.93. The highest BCUT2D eigenvalue weighted by Gasteiger charge is 2.53. The number of halogens is 1. The van der Waals surface area contributed by atoms with Gasteiger partial charge in [0.05, 0.1) is 24.2 Å². The first-order valence-corrected chi connectivity index (χ1v) is 13.4. The molecule has 3 heterocycles. The van der Waals surface area contributed by atoms with Crippen LogP contribution in [0.2, 0.25) is 19.6 Å². The highest BCUT2D eigenvalue weighted by atomic mass is 35.5. The van der Waals surface area contributed by atoms with E-state index in [1.54, 1.807) is 17.7 Å². The van der Waals surface area contributed by atoms with Crippen molar-refractivity contribution < 1.29 is 19.8 Å². The third kappa shape index (κ3) is 4.28. The van der Waals surface area contributed by atoms with Gasteiger partial charge in [0.2, 0.25) is 0 Å². The van der Waals surface area contributed by atoms with Gasteiger partial charge >= 0.3 is 0 Å². The molecule has 10 heteroatoms. The number of rotatable bonds is 5. The van der Waals surface area contributed by atoms with E-state index in [0.29, 0.717) is 29.0 Å². The van der Waals surface area contributed by atoms with Gasteiger partial charge < -0.3 is 19.5 Å². The van der Waals surface area contributed by atoms with E-state index < -0.39 is 31.4 Å². The van der Waals surface area contributed by atoms with Gasteiger partial charge in [0, 0.05) is 6.20 Å². The smallest absolute Gasteiger partial charge is 0.163 e. The maximum atomic E-state index is 10.5. The monoisotopic (exact) mass is 438 g/mol. The van der Waals surface area contributed by atoms with Gasteiger partial charge in [-0.1, -0.05) is 25.6 Å². The van der Waals surface area contributed by atoms with Crippen LogP contribution in [0.1, 0.15) is 25.6 Å². The molecule has 2 aromatic heterocycles. The van der Waals surface area contributed by atoms with E-state index >= 15 is 0 Å². The zero-order valence-electron chi connectivity index (χ0n) is 17.2. The molecule has 0 saturated carbocycles. The summed E-state index contributed by atoms with van der Waals surface area (Å²) in [6, 6.07) is 0. The van der Waals surface area contributed by atoms with Gasteiger partial charge in [-0.3, -0.25) is 4.84 Å². The number of anilines is 1. The number of nitrogens with zero attached hydrogens (tertiary/aromatic N) is 3. The minimum Gasteiger partial charge on any atom is -0.394 e. The van der Waals surface area contributed by atoms with E-state index in [1.807, 2.05) is 6.92 Å². The van der Waals surface area contributed by atoms with Gasteiger partial charge in [-0.05, 0) is 13.8 Å². The van der Waals surface area contributed by atoms with Gasteiger partial charge in [-0.15, -0.1) is 17.1 Å². The summed E-state index contributed by atoms with van der Waals surface area (Å²) in [7, 11) is -1.64. The number of hydrogen-bond donors (Lipinski definition) is 3. The molecule has 0 spiro atoms. The normalized spacial score (nSPS) is 27.1. The average molecular weight is 439 g/mol. The van der Waals surface area contributed by atoms with Crippen molar-refractivity contribution in [1.29, 1.82) is 0 Å². The van der Waals surface area contributed by atoms with Crippen LogP contribution in [0, 0.1) is 11.5 Å². The summed E-state index contributed by atoms with van der Waals surface area (Å²) >= 11 is 6.65. The summed E-state index contributed by atoms with van der Waals surface area (Å²) in [5, 5.41) is 20.7. The molecule has 3 rings (SSSR count). The zero-order chi connectivity index (χ0) is 21.4. The van der Waals surface area contributed by atoms with Crippen LogP contribution in [-0.4, -0.2) is 63.1 Å². The molecule has 2 aromatic rings. The number of alkyl halides is 1. The molecule has 158 valence electrons. The van der Waals surface area contributed by atoms with Gasteiger partial charge in [-0.2, -0.15) is 0 Å². The molecule has 3 N–H and O–H groups in total. The Morgan fingerprint density at radius 3 is 2.72 bits per heavy atom. The molecule has 0 unspecified atom stereocenters. The summed E-state index contributed by atoms with van der Waals surface area (Å²) in [4.78, 5) is 12.9. The Balaban J connectivity index is 2.19. The second kappa shape index (κ2) is 8.22. The Morgan fingerprint density at radius 2 is 2.14 bits per heavy atom. The van der Waals surface area contributed by atoms with Crippen molar-refractivity contribution in [2.75, 3.05) is 18.7 Å². The van der Waals surface area contributed by atoms with Crippen LogP contribution in [0.25, 0.3) is 11.0 Å². The number of aliphatic hydroxyl groups is 2. The summed E-state index contributed by atoms with van der Waals surface area (Å²) in [5.74, 6) is 3.75. The van der Waals surface area contributed by atoms with Crippen molar-refractivity contribution in [3.63, 3.8) is 0 Å². The van der Waals surface area contributed by atoms with Crippen LogP contribution in [-0.2, 0) is 9.57 Å². The summed E-state index contributed by atoms with van der Waals surface area (Å²) in [5.41, 5.74) is 7.46. The first-order chi connectivity index (χ1) is 13.6. The standard InChI is InChI=1S/C19H27ClN4O4Si/c1-6-27-23-16-14-12(7-8-29(3,4)5)9-24(17(14)22-11-21-16)18-19(2,20)15(26)13(10-25)28-18/h9,11,13,15,18,25-26H,6,10H2,1-5H3,(H,21,22,23)/t13-,15-,18-,19-/m1/s1. The Labute approximate surface area is 176 Å². The molecule has 8 nitrogen and oxygen atoms in total. The summed E-state index contributed by atoms with van der Waals surface area (Å²) in [6.07, 6.45) is 0.629. The topological polar surface area (TPSA) is 102 Å². The molecule has 0 bridgehead atoms. The molecule has 0 aromatic carbocycles. The van der Waals surface area contributed by atoms with Crippen LogP contribution in [0.4, 0.5) is 5.82 Å². The van der Waals surface area contributed by atoms with Gasteiger partial charge in [0.15, 0.2) is 12.0 Å². The molecule has 0 radical (unpaired) electrons. The summed E-state index contributed by atoms with van der Waals surface area (Å²) in [6.45, 7) is 10.1. The lowest BCUT2D eigenvalue weighted by molar-refractivity contribution is -0.0439. The molecule has 4 atom stereocenters. The van der Waals surface area contributed by atoms with Gasteiger partial charge in [0.1, 0.15) is 37.1 Å². The SMILES string of the molecule is CCONc1ncnc2c1c(C#C[Si](C)(C)C)cn2[C@@H]1O[C@H](CO)[C@@H](O)[C@@]1(C)Cl. The van der Waals surface area contributed by atoms with Crippen LogP contribution in [0.3, 0.4) is 0 Å². The predicted molar refractivity (Wildman–Crippen MR) is 114 cm³/mol. The molecular weight excluding hydrogens is 412 g/mol. The Kier molecular flexibility index (Phi) is 6.24. The second-order valence-electron chi connectivity index (χ2n) is 8.21. The number of aliphatic hydroxyl groups excluding tert-OH is 2. The number of aromatic nitrogens is 3. The molecule has 29 heavy (non-hydrogen) atoms. The quantitative estimate of drug-likeness (QED) is 0.285. The van der Waals surface area contributed by atoms with E-state index in [0.717, 1.165) is 0 Å². The lowest BCUT2D eigenvalue weighted by atomic mass is 10.0. The van der Waals surface area contributed by atoms with Crippen molar-refractivity contribution in [2.45, 2.75) is 56.8 Å². The molecule has 1 aliphatic rings. The maximum absolute atomic E-state index is 10.5. The minimum absolute atomic E-state index is 0.340. The van der Waals surface area contributed by atoms with Crippen LogP contribution < -0.4 is 5.48 Å². The zero-order valence-corrected chi connectivity index (χ0v) is 19.0. The third-order valence-electron chi connectivity index (χ3n) is 4.64. The van der Waals surface area contributed by atoms with Crippen molar-refractivity contribution in [1.82, 2.24) is 14.5 Å². The van der Waals surface area contributed by atoms with Gasteiger partial charge in [0.25, 0.3) is 0 Å². The Bertz CT molecular complexity index is 947. The van der Waals surface area contributed by atoms with Crippen LogP contribution >= 0.6 is 11.6 Å². The number of fused-ring (bicyclic) bond motifs is 1. The number of nitrogens with one attached hydrogen (secondary N) is 1. The molecule has 1 fully saturated rings. The largest absolute Gasteiger partial charge is 0.394 e. The molecule has 1 saturated heterocycles. The Hall–Kier alpha value is -1.67. The number of hydrogen-bond acceptors (Lipinski definition) is 7. The van der Waals surface area contributed by atoms with Gasteiger partial charge in [-0.25, -0.2) is 15.4 Å². The molecule has 1 aliphatic heterocycles. The molecular formula is C19H27ClN4O4Si. The second-order valence-corrected chi connectivity index (χ2v) is 13.8. The first kappa shape index (κ1) is 22.0.